The highest BCUT2D eigenvalue weighted by Crippen LogP contribution is 2.40. The molecule has 10 heteroatoms. The zero-order valence-electron chi connectivity index (χ0n) is 19.6. The molecule has 182 valence electrons. The number of fused-ring (bicyclic) bond motifs is 3. The Morgan fingerprint density at radius 3 is 2.55 bits per heavy atom. The van der Waals surface area contributed by atoms with Gasteiger partial charge < -0.3 is 15.1 Å². The summed E-state index contributed by atoms with van der Waals surface area (Å²) in [5, 5.41) is 2.94. The van der Waals surface area contributed by atoms with E-state index in [4.69, 9.17) is 0 Å². The molecule has 9 nitrogen and oxygen atoms in total. The maximum atomic E-state index is 13.4. The van der Waals surface area contributed by atoms with Gasteiger partial charge in [0.2, 0.25) is 21.8 Å². The maximum Gasteiger partial charge on any atom is 0.250 e. The molecule has 1 aromatic carbocycles. The molecule has 2 saturated heterocycles. The first-order chi connectivity index (χ1) is 15.8. The van der Waals surface area contributed by atoms with Crippen molar-refractivity contribution in [1.29, 1.82) is 0 Å². The molecule has 0 saturated carbocycles. The standard InChI is InChI=1S/C23H35N5O4S/c1-25(2)33(31,32)18-9-10-19-21(16-18)28(23(30)20-8-3-4-15-27(19)20)17-22(29)24-11-7-14-26-12-5-6-13-26/h9-10,16,20H,3-8,11-15,17H2,1-2H3,(H,24,29). The number of hydrogen-bond acceptors (Lipinski definition) is 6. The number of carbonyl (C=O) groups excluding carboxylic acids is 2. The van der Waals surface area contributed by atoms with Gasteiger partial charge in [0.15, 0.2) is 0 Å². The summed E-state index contributed by atoms with van der Waals surface area (Å²) < 4.78 is 26.6. The molecule has 1 aromatic rings. The molecule has 0 aliphatic carbocycles. The largest absolute Gasteiger partial charge is 0.358 e. The molecule has 3 aliphatic rings. The van der Waals surface area contributed by atoms with Crippen LogP contribution < -0.4 is 15.1 Å². The highest BCUT2D eigenvalue weighted by Gasteiger charge is 2.40. The van der Waals surface area contributed by atoms with E-state index < -0.39 is 10.0 Å². The van der Waals surface area contributed by atoms with Crippen molar-refractivity contribution < 1.29 is 18.0 Å². The van der Waals surface area contributed by atoms with Crippen molar-refractivity contribution in [2.75, 3.05) is 63.2 Å². The molecular weight excluding hydrogens is 442 g/mol. The Kier molecular flexibility index (Phi) is 7.25. The van der Waals surface area contributed by atoms with Crippen LogP contribution in [0.4, 0.5) is 11.4 Å². The van der Waals surface area contributed by atoms with Crippen molar-refractivity contribution in [3.8, 4) is 0 Å². The van der Waals surface area contributed by atoms with E-state index in [9.17, 15) is 18.0 Å². The number of likely N-dealkylation sites (tertiary alicyclic amines) is 1. The van der Waals surface area contributed by atoms with Crippen LogP contribution in [0.3, 0.4) is 0 Å². The Bertz CT molecular complexity index is 991. The smallest absolute Gasteiger partial charge is 0.250 e. The number of anilines is 2. The molecule has 3 aliphatic heterocycles. The molecule has 4 rings (SSSR count). The second-order valence-corrected chi connectivity index (χ2v) is 11.5. The van der Waals surface area contributed by atoms with Gasteiger partial charge in [0.1, 0.15) is 12.6 Å². The van der Waals surface area contributed by atoms with Crippen LogP contribution in [-0.4, -0.2) is 88.8 Å². The summed E-state index contributed by atoms with van der Waals surface area (Å²) in [5.41, 5.74) is 1.31. The van der Waals surface area contributed by atoms with Crippen LogP contribution in [0.2, 0.25) is 0 Å². The summed E-state index contributed by atoms with van der Waals surface area (Å²) in [7, 11) is -0.703. The van der Waals surface area contributed by atoms with E-state index in [1.165, 1.54) is 37.9 Å². The monoisotopic (exact) mass is 477 g/mol. The molecule has 33 heavy (non-hydrogen) atoms. The van der Waals surface area contributed by atoms with Crippen LogP contribution in [0.5, 0.6) is 0 Å². The summed E-state index contributed by atoms with van der Waals surface area (Å²) in [4.78, 5) is 32.2. The van der Waals surface area contributed by atoms with Crippen molar-refractivity contribution in [3.63, 3.8) is 0 Å². The third-order valence-corrected chi connectivity index (χ3v) is 8.66. The second kappa shape index (κ2) is 9.99. The lowest BCUT2D eigenvalue weighted by molar-refractivity contribution is -0.125. The van der Waals surface area contributed by atoms with Crippen molar-refractivity contribution in [2.45, 2.75) is 49.5 Å². The lowest BCUT2D eigenvalue weighted by atomic mass is 9.96. The molecule has 0 radical (unpaired) electrons. The molecule has 1 unspecified atom stereocenters. The fraction of sp³-hybridized carbons (Fsp3) is 0.652. The van der Waals surface area contributed by atoms with Gasteiger partial charge in [0.05, 0.1) is 16.3 Å². The van der Waals surface area contributed by atoms with E-state index in [1.54, 1.807) is 12.1 Å². The summed E-state index contributed by atoms with van der Waals surface area (Å²) >= 11 is 0. The topological polar surface area (TPSA) is 93.3 Å². The van der Waals surface area contributed by atoms with Gasteiger partial charge in [-0.3, -0.25) is 14.5 Å². The number of rotatable bonds is 8. The van der Waals surface area contributed by atoms with Gasteiger partial charge in [-0.05, 0) is 76.4 Å². The first-order valence-electron chi connectivity index (χ1n) is 11.9. The van der Waals surface area contributed by atoms with Crippen LogP contribution >= 0.6 is 0 Å². The van der Waals surface area contributed by atoms with E-state index in [2.05, 4.69) is 15.1 Å². The number of piperidine rings is 1. The van der Waals surface area contributed by atoms with Gasteiger partial charge in [-0.2, -0.15) is 0 Å². The van der Waals surface area contributed by atoms with Crippen molar-refractivity contribution in [1.82, 2.24) is 14.5 Å². The number of nitrogens with zero attached hydrogens (tertiary/aromatic N) is 4. The molecule has 1 N–H and O–H groups in total. The number of nitrogens with one attached hydrogen (secondary N) is 1. The maximum absolute atomic E-state index is 13.4. The zero-order valence-corrected chi connectivity index (χ0v) is 20.4. The first-order valence-corrected chi connectivity index (χ1v) is 13.4. The fourth-order valence-corrected chi connectivity index (χ4v) is 5.93. The molecule has 0 bridgehead atoms. The lowest BCUT2D eigenvalue weighted by Gasteiger charge is -2.45. The van der Waals surface area contributed by atoms with Crippen molar-refractivity contribution in [3.05, 3.63) is 18.2 Å². The van der Waals surface area contributed by atoms with Crippen LogP contribution in [0, 0.1) is 0 Å². The highest BCUT2D eigenvalue weighted by atomic mass is 32.2. The van der Waals surface area contributed by atoms with E-state index >= 15 is 0 Å². The Balaban J connectivity index is 1.52. The van der Waals surface area contributed by atoms with Crippen LogP contribution in [-0.2, 0) is 19.6 Å². The Labute approximate surface area is 196 Å². The predicted molar refractivity (Wildman–Crippen MR) is 128 cm³/mol. The zero-order chi connectivity index (χ0) is 23.6. The van der Waals surface area contributed by atoms with Gasteiger partial charge >= 0.3 is 0 Å². The molecule has 1 atom stereocenters. The van der Waals surface area contributed by atoms with Crippen molar-refractivity contribution in [2.24, 2.45) is 0 Å². The second-order valence-electron chi connectivity index (χ2n) is 9.32. The molecular formula is C23H35N5O4S. The number of amides is 2. The van der Waals surface area contributed by atoms with Crippen LogP contribution in [0.25, 0.3) is 0 Å². The van der Waals surface area contributed by atoms with E-state index in [1.807, 2.05) is 0 Å². The Hall–Kier alpha value is -2.17. The van der Waals surface area contributed by atoms with Crippen molar-refractivity contribution >= 4 is 33.2 Å². The molecule has 3 heterocycles. The van der Waals surface area contributed by atoms with Gasteiger partial charge in [-0.1, -0.05) is 0 Å². The lowest BCUT2D eigenvalue weighted by Crippen LogP contribution is -2.57. The van der Waals surface area contributed by atoms with Gasteiger partial charge in [0.25, 0.3) is 0 Å². The Morgan fingerprint density at radius 2 is 1.82 bits per heavy atom. The molecule has 0 spiro atoms. The first kappa shape index (κ1) is 24.0. The van der Waals surface area contributed by atoms with E-state index in [0.29, 0.717) is 12.2 Å². The third-order valence-electron chi connectivity index (χ3n) is 6.85. The molecule has 2 fully saturated rings. The van der Waals surface area contributed by atoms with E-state index in [-0.39, 0.29) is 29.3 Å². The van der Waals surface area contributed by atoms with Gasteiger partial charge in [0, 0.05) is 27.2 Å². The minimum absolute atomic E-state index is 0.106. The number of sulfonamides is 1. The van der Waals surface area contributed by atoms with Gasteiger partial charge in [-0.25, -0.2) is 12.7 Å². The van der Waals surface area contributed by atoms with Crippen LogP contribution in [0.15, 0.2) is 23.1 Å². The number of benzene rings is 1. The minimum Gasteiger partial charge on any atom is -0.358 e. The quantitative estimate of drug-likeness (QED) is 0.567. The average Bonchev–Trinajstić information content (AvgIpc) is 3.32. The Morgan fingerprint density at radius 1 is 1.09 bits per heavy atom. The SMILES string of the molecule is CN(C)S(=O)(=O)c1ccc2c(c1)N(CC(=O)NCCCN1CCCC1)C(=O)C1CCCCN21. The number of hydrogen-bond donors (Lipinski definition) is 1. The average molecular weight is 478 g/mol. The summed E-state index contributed by atoms with van der Waals surface area (Å²) in [5.74, 6) is -0.352. The fourth-order valence-electron chi connectivity index (χ4n) is 5.01. The normalized spacial score (nSPS) is 21.3. The van der Waals surface area contributed by atoms with Gasteiger partial charge in [-0.15, -0.1) is 0 Å². The molecule has 0 aromatic heterocycles. The summed E-state index contributed by atoms with van der Waals surface area (Å²) in [6, 6.07) is 4.60. The molecule has 2 amide bonds. The van der Waals surface area contributed by atoms with Crippen LogP contribution in [0.1, 0.15) is 38.5 Å². The minimum atomic E-state index is -3.66. The highest BCUT2D eigenvalue weighted by molar-refractivity contribution is 7.89. The summed E-state index contributed by atoms with van der Waals surface area (Å²) in [6.45, 7) is 4.43. The van der Waals surface area contributed by atoms with E-state index in [0.717, 1.165) is 61.9 Å². The summed E-state index contributed by atoms with van der Waals surface area (Å²) in [6.07, 6.45) is 6.05. The third kappa shape index (κ3) is 5.02. The predicted octanol–water partition coefficient (Wildman–Crippen LogP) is 1.24. The number of carbonyl (C=O) groups is 2.